The first kappa shape index (κ1) is 9.31. The number of primary sulfonamides is 1. The Morgan fingerprint density at radius 2 is 1.75 bits per heavy atom. The van der Waals surface area contributed by atoms with Crippen molar-refractivity contribution in [1.82, 2.24) is 0 Å². The quantitative estimate of drug-likeness (QED) is 0.707. The molecule has 0 bridgehead atoms. The van der Waals surface area contributed by atoms with Crippen LogP contribution in [0.25, 0.3) is 0 Å². The van der Waals surface area contributed by atoms with Gasteiger partial charge in [0.15, 0.2) is 0 Å². The van der Waals surface area contributed by atoms with Crippen molar-refractivity contribution in [1.29, 1.82) is 0 Å². The fourth-order valence-electron chi connectivity index (χ4n) is 0.708. The van der Waals surface area contributed by atoms with Gasteiger partial charge >= 0.3 is 0 Å². The standard InChI is InChI=1S/C6H7ClN2O2S/c7-9-5-1-3-6(4-2-5)12(8,10)11/h1-4,9H,(H2,8,10,11). The van der Waals surface area contributed by atoms with Gasteiger partial charge in [-0.25, -0.2) is 13.6 Å². The van der Waals surface area contributed by atoms with E-state index in [0.29, 0.717) is 5.69 Å². The predicted octanol–water partition coefficient (Wildman–Crippen LogP) is 0.900. The number of benzene rings is 1. The number of sulfonamides is 1. The van der Waals surface area contributed by atoms with Gasteiger partial charge in [-0.15, -0.1) is 0 Å². The fraction of sp³-hybridized carbons (Fsp3) is 0. The molecule has 0 unspecified atom stereocenters. The molecule has 0 aliphatic heterocycles. The molecule has 0 heterocycles. The van der Waals surface area contributed by atoms with Gasteiger partial charge in [-0.2, -0.15) is 0 Å². The summed E-state index contributed by atoms with van der Waals surface area (Å²) in [6.45, 7) is 0. The Labute approximate surface area is 75.5 Å². The maximum Gasteiger partial charge on any atom is 0.238 e. The van der Waals surface area contributed by atoms with Gasteiger partial charge in [0.1, 0.15) is 0 Å². The van der Waals surface area contributed by atoms with E-state index in [4.69, 9.17) is 16.9 Å². The molecule has 0 saturated heterocycles. The van der Waals surface area contributed by atoms with Crippen molar-refractivity contribution >= 4 is 27.5 Å². The van der Waals surface area contributed by atoms with Crippen LogP contribution < -0.4 is 9.97 Å². The second kappa shape index (κ2) is 3.30. The monoisotopic (exact) mass is 206 g/mol. The van der Waals surface area contributed by atoms with Crippen LogP contribution >= 0.6 is 11.8 Å². The van der Waals surface area contributed by atoms with Crippen molar-refractivity contribution < 1.29 is 8.42 Å². The number of nitrogens with two attached hydrogens (primary N) is 1. The SMILES string of the molecule is NS(=O)(=O)c1ccc(NCl)cc1. The molecule has 1 aromatic carbocycles. The van der Waals surface area contributed by atoms with Gasteiger partial charge in [-0.1, -0.05) is 0 Å². The number of hydrogen-bond donors (Lipinski definition) is 2. The molecule has 4 nitrogen and oxygen atoms in total. The lowest BCUT2D eigenvalue weighted by molar-refractivity contribution is 0.598. The van der Waals surface area contributed by atoms with Crippen molar-refractivity contribution in [2.75, 3.05) is 4.84 Å². The van der Waals surface area contributed by atoms with E-state index in [1.54, 1.807) is 0 Å². The average molecular weight is 207 g/mol. The van der Waals surface area contributed by atoms with E-state index in [-0.39, 0.29) is 4.90 Å². The second-order valence-electron chi connectivity index (χ2n) is 2.16. The minimum atomic E-state index is -3.60. The third kappa shape index (κ3) is 2.10. The Balaban J connectivity index is 3.09. The molecule has 1 aromatic rings. The maximum absolute atomic E-state index is 10.8. The van der Waals surface area contributed by atoms with Gasteiger partial charge < -0.3 is 0 Å². The molecule has 0 spiro atoms. The molecule has 0 aliphatic carbocycles. The van der Waals surface area contributed by atoms with Crippen molar-refractivity contribution in [2.24, 2.45) is 5.14 Å². The Hall–Kier alpha value is -0.780. The minimum Gasteiger partial charge on any atom is -0.299 e. The van der Waals surface area contributed by atoms with E-state index >= 15 is 0 Å². The Kier molecular flexibility index (Phi) is 2.56. The van der Waals surface area contributed by atoms with E-state index in [2.05, 4.69) is 4.84 Å². The molecule has 12 heavy (non-hydrogen) atoms. The summed E-state index contributed by atoms with van der Waals surface area (Å²) in [6.07, 6.45) is 0. The Morgan fingerprint density at radius 1 is 1.25 bits per heavy atom. The highest BCUT2D eigenvalue weighted by Gasteiger charge is 2.05. The minimum absolute atomic E-state index is 0.0677. The summed E-state index contributed by atoms with van der Waals surface area (Å²) in [5, 5.41) is 4.87. The topological polar surface area (TPSA) is 72.2 Å². The average Bonchev–Trinajstić information content (AvgIpc) is 2.03. The van der Waals surface area contributed by atoms with Crippen LogP contribution in [0.5, 0.6) is 0 Å². The smallest absolute Gasteiger partial charge is 0.238 e. The third-order valence-corrected chi connectivity index (χ3v) is 2.44. The van der Waals surface area contributed by atoms with Crippen molar-refractivity contribution in [2.45, 2.75) is 4.90 Å². The van der Waals surface area contributed by atoms with Crippen LogP contribution in [0.15, 0.2) is 29.2 Å². The van der Waals surface area contributed by atoms with E-state index < -0.39 is 10.0 Å². The van der Waals surface area contributed by atoms with Gasteiger partial charge in [-0.05, 0) is 24.3 Å². The van der Waals surface area contributed by atoms with E-state index in [0.717, 1.165) is 0 Å². The molecule has 0 aromatic heterocycles. The molecule has 0 saturated carbocycles. The largest absolute Gasteiger partial charge is 0.299 e. The van der Waals surface area contributed by atoms with E-state index in [1.165, 1.54) is 24.3 Å². The summed E-state index contributed by atoms with van der Waals surface area (Å²) in [5.74, 6) is 0. The van der Waals surface area contributed by atoms with Crippen LogP contribution in [0.4, 0.5) is 5.69 Å². The normalized spacial score (nSPS) is 11.2. The molecular formula is C6H7ClN2O2S. The van der Waals surface area contributed by atoms with Crippen LogP contribution in [-0.4, -0.2) is 8.42 Å². The first-order chi connectivity index (χ1) is 5.54. The fourth-order valence-corrected chi connectivity index (χ4v) is 1.35. The molecule has 6 heteroatoms. The maximum atomic E-state index is 10.8. The summed E-state index contributed by atoms with van der Waals surface area (Å²) in [5.41, 5.74) is 0.615. The van der Waals surface area contributed by atoms with Crippen LogP contribution in [-0.2, 0) is 10.0 Å². The lowest BCUT2D eigenvalue weighted by Crippen LogP contribution is -2.11. The van der Waals surface area contributed by atoms with Gasteiger partial charge in [0.2, 0.25) is 10.0 Å². The first-order valence-corrected chi connectivity index (χ1v) is 4.96. The van der Waals surface area contributed by atoms with Crippen molar-refractivity contribution in [3.05, 3.63) is 24.3 Å². The van der Waals surface area contributed by atoms with E-state index in [9.17, 15) is 8.42 Å². The zero-order valence-corrected chi connectivity index (χ0v) is 7.56. The number of rotatable bonds is 2. The van der Waals surface area contributed by atoms with Gasteiger partial charge in [-0.3, -0.25) is 4.84 Å². The summed E-state index contributed by atoms with van der Waals surface area (Å²) < 4.78 is 21.5. The third-order valence-electron chi connectivity index (χ3n) is 1.29. The predicted molar refractivity (Wildman–Crippen MR) is 47.3 cm³/mol. The molecule has 0 aliphatic rings. The summed E-state index contributed by atoms with van der Waals surface area (Å²) in [4.78, 5) is 2.41. The Bertz CT molecular complexity index is 360. The number of halogens is 1. The summed E-state index contributed by atoms with van der Waals surface area (Å²) in [7, 11) is -3.60. The zero-order valence-electron chi connectivity index (χ0n) is 5.99. The molecule has 1 rings (SSSR count). The molecule has 0 fully saturated rings. The number of hydrogen-bond acceptors (Lipinski definition) is 3. The van der Waals surface area contributed by atoms with Crippen LogP contribution in [0.2, 0.25) is 0 Å². The highest BCUT2D eigenvalue weighted by molar-refractivity contribution is 7.89. The van der Waals surface area contributed by atoms with Crippen molar-refractivity contribution in [3.8, 4) is 0 Å². The van der Waals surface area contributed by atoms with E-state index in [1.807, 2.05) is 0 Å². The van der Waals surface area contributed by atoms with Gasteiger partial charge in [0.25, 0.3) is 0 Å². The molecule has 0 radical (unpaired) electrons. The second-order valence-corrected chi connectivity index (χ2v) is 3.91. The highest BCUT2D eigenvalue weighted by atomic mass is 35.5. The summed E-state index contributed by atoms with van der Waals surface area (Å²) in [6, 6.07) is 5.79. The summed E-state index contributed by atoms with van der Waals surface area (Å²) >= 11 is 5.26. The van der Waals surface area contributed by atoms with Gasteiger partial charge in [0, 0.05) is 17.5 Å². The molecule has 0 atom stereocenters. The number of anilines is 1. The lowest BCUT2D eigenvalue weighted by atomic mass is 10.3. The molecule has 0 amide bonds. The lowest BCUT2D eigenvalue weighted by Gasteiger charge is -1.99. The molecule has 3 N–H and O–H groups in total. The number of nitrogens with one attached hydrogen (secondary N) is 1. The highest BCUT2D eigenvalue weighted by Crippen LogP contribution is 2.12. The molecular weight excluding hydrogens is 200 g/mol. The van der Waals surface area contributed by atoms with Crippen molar-refractivity contribution in [3.63, 3.8) is 0 Å². The molecule has 66 valence electrons. The van der Waals surface area contributed by atoms with Crippen LogP contribution in [0.1, 0.15) is 0 Å². The Morgan fingerprint density at radius 3 is 2.08 bits per heavy atom. The van der Waals surface area contributed by atoms with Crippen LogP contribution in [0.3, 0.4) is 0 Å². The first-order valence-electron chi connectivity index (χ1n) is 3.03. The van der Waals surface area contributed by atoms with Crippen LogP contribution in [0, 0.1) is 0 Å². The zero-order chi connectivity index (χ0) is 9.19. The van der Waals surface area contributed by atoms with Gasteiger partial charge in [0.05, 0.1) is 4.90 Å².